The number of nitrogens with one attached hydrogen (secondary N) is 1. The van der Waals surface area contributed by atoms with Gasteiger partial charge in [0.1, 0.15) is 0 Å². The van der Waals surface area contributed by atoms with Crippen molar-refractivity contribution in [3.05, 3.63) is 42.0 Å². The maximum Gasteiger partial charge on any atom is 0.318 e. The molecule has 6 heteroatoms. The van der Waals surface area contributed by atoms with Crippen LogP contribution in [0.15, 0.2) is 36.4 Å². The fourth-order valence-corrected chi connectivity index (χ4v) is 4.97. The summed E-state index contributed by atoms with van der Waals surface area (Å²) in [6, 6.07) is 9.71. The zero-order valence-corrected chi connectivity index (χ0v) is 15.2. The highest BCUT2D eigenvalue weighted by molar-refractivity contribution is 7.91. The summed E-state index contributed by atoms with van der Waals surface area (Å²) in [6.45, 7) is 4.95. The summed E-state index contributed by atoms with van der Waals surface area (Å²) in [5, 5.41) is 2.92. The minimum absolute atomic E-state index is 0.0194. The molecule has 1 saturated heterocycles. The van der Waals surface area contributed by atoms with E-state index in [0.717, 1.165) is 12.0 Å². The molecule has 1 aromatic rings. The number of benzene rings is 1. The van der Waals surface area contributed by atoms with Gasteiger partial charge >= 0.3 is 6.03 Å². The van der Waals surface area contributed by atoms with Crippen LogP contribution in [0.4, 0.5) is 4.79 Å². The van der Waals surface area contributed by atoms with Gasteiger partial charge in [0, 0.05) is 13.1 Å². The van der Waals surface area contributed by atoms with Crippen LogP contribution >= 0.6 is 0 Å². The van der Waals surface area contributed by atoms with Gasteiger partial charge < -0.3 is 10.2 Å². The van der Waals surface area contributed by atoms with Crippen LogP contribution < -0.4 is 5.32 Å². The number of urea groups is 1. The van der Waals surface area contributed by atoms with Crippen LogP contribution in [0.25, 0.3) is 6.08 Å². The number of hydrogen-bond donors (Lipinski definition) is 1. The topological polar surface area (TPSA) is 66.5 Å². The van der Waals surface area contributed by atoms with Crippen molar-refractivity contribution >= 4 is 21.9 Å². The van der Waals surface area contributed by atoms with Crippen molar-refractivity contribution in [3.63, 3.8) is 0 Å². The lowest BCUT2D eigenvalue weighted by Gasteiger charge is -2.29. The monoisotopic (exact) mass is 350 g/mol. The fraction of sp³-hybridized carbons (Fsp3) is 0.500. The highest BCUT2D eigenvalue weighted by atomic mass is 32.2. The average Bonchev–Trinajstić information content (AvgIpc) is 2.80. The zero-order chi connectivity index (χ0) is 17.6. The third-order valence-corrected chi connectivity index (χ3v) is 6.03. The molecule has 1 heterocycles. The summed E-state index contributed by atoms with van der Waals surface area (Å²) < 4.78 is 23.4. The van der Waals surface area contributed by atoms with Crippen LogP contribution in [0, 0.1) is 0 Å². The standard InChI is InChI=1S/C18H26N2O3S/c1-3-12-20(13-7-10-16-8-5-4-6-9-16)17(21)19-18(2)11-14-24(22,23)15-18/h4-10H,3,11-15H2,1-2H3,(H,19,21)/b10-7+/t18-/m1/s1. The van der Waals surface area contributed by atoms with Gasteiger partial charge in [-0.15, -0.1) is 0 Å². The minimum atomic E-state index is -3.04. The SMILES string of the molecule is CCCN(C/C=C/c1ccccc1)C(=O)N[C@]1(C)CCS(=O)(=O)C1. The molecule has 5 nitrogen and oxygen atoms in total. The Morgan fingerprint density at radius 3 is 2.62 bits per heavy atom. The van der Waals surface area contributed by atoms with Gasteiger partial charge in [-0.2, -0.15) is 0 Å². The zero-order valence-electron chi connectivity index (χ0n) is 14.4. The molecule has 0 aromatic heterocycles. The molecule has 0 radical (unpaired) electrons. The van der Waals surface area contributed by atoms with Gasteiger partial charge in [-0.3, -0.25) is 0 Å². The van der Waals surface area contributed by atoms with E-state index < -0.39 is 15.4 Å². The van der Waals surface area contributed by atoms with Gasteiger partial charge in [-0.05, 0) is 25.3 Å². The van der Waals surface area contributed by atoms with E-state index in [4.69, 9.17) is 0 Å². The number of hydrogen-bond acceptors (Lipinski definition) is 3. The smallest absolute Gasteiger partial charge is 0.318 e. The number of carbonyl (C=O) groups excluding carboxylic acids is 1. The Kier molecular flexibility index (Phi) is 6.04. The van der Waals surface area contributed by atoms with Gasteiger partial charge in [0.2, 0.25) is 0 Å². The number of amides is 2. The van der Waals surface area contributed by atoms with Crippen molar-refractivity contribution in [2.75, 3.05) is 24.6 Å². The van der Waals surface area contributed by atoms with Gasteiger partial charge in [-0.25, -0.2) is 13.2 Å². The summed E-state index contributed by atoms with van der Waals surface area (Å²) >= 11 is 0. The third-order valence-electron chi connectivity index (χ3n) is 4.13. The summed E-state index contributed by atoms with van der Waals surface area (Å²) in [6.07, 6.45) is 5.26. The largest absolute Gasteiger partial charge is 0.332 e. The lowest BCUT2D eigenvalue weighted by atomic mass is 10.0. The molecule has 24 heavy (non-hydrogen) atoms. The van der Waals surface area contributed by atoms with E-state index in [1.165, 1.54) is 0 Å². The normalized spacial score (nSPS) is 22.6. The van der Waals surface area contributed by atoms with E-state index in [9.17, 15) is 13.2 Å². The first-order valence-corrected chi connectivity index (χ1v) is 10.1. The molecule has 1 aliphatic rings. The molecule has 0 aliphatic carbocycles. The highest BCUT2D eigenvalue weighted by Crippen LogP contribution is 2.23. The third kappa shape index (κ3) is 5.37. The Labute approximate surface area is 144 Å². The molecule has 2 amide bonds. The molecular weight excluding hydrogens is 324 g/mol. The first-order valence-electron chi connectivity index (χ1n) is 8.33. The van der Waals surface area contributed by atoms with Gasteiger partial charge in [0.15, 0.2) is 9.84 Å². The fourth-order valence-electron chi connectivity index (χ4n) is 2.87. The highest BCUT2D eigenvalue weighted by Gasteiger charge is 2.40. The van der Waals surface area contributed by atoms with Crippen LogP contribution in [0.3, 0.4) is 0 Å². The van der Waals surface area contributed by atoms with Gasteiger partial charge in [0.05, 0.1) is 17.0 Å². The van der Waals surface area contributed by atoms with E-state index in [1.807, 2.05) is 49.4 Å². The molecule has 132 valence electrons. The van der Waals surface area contributed by atoms with E-state index >= 15 is 0 Å². The van der Waals surface area contributed by atoms with E-state index in [0.29, 0.717) is 19.5 Å². The van der Waals surface area contributed by atoms with Crippen LogP contribution in [0.5, 0.6) is 0 Å². The predicted octanol–water partition coefficient (Wildman–Crippen LogP) is 2.70. The van der Waals surface area contributed by atoms with Crippen molar-refractivity contribution in [2.24, 2.45) is 0 Å². The quantitative estimate of drug-likeness (QED) is 0.858. The maximum atomic E-state index is 12.5. The number of rotatable bonds is 6. The number of nitrogens with zero attached hydrogens (tertiary/aromatic N) is 1. The van der Waals surface area contributed by atoms with E-state index in [2.05, 4.69) is 5.32 Å². The molecular formula is C18H26N2O3S. The van der Waals surface area contributed by atoms with Crippen molar-refractivity contribution in [1.82, 2.24) is 10.2 Å². The van der Waals surface area contributed by atoms with Crippen molar-refractivity contribution in [1.29, 1.82) is 0 Å². The Morgan fingerprint density at radius 1 is 1.33 bits per heavy atom. The Morgan fingerprint density at radius 2 is 2.04 bits per heavy atom. The molecule has 1 atom stereocenters. The molecule has 1 aromatic carbocycles. The average molecular weight is 350 g/mol. The summed E-state index contributed by atoms with van der Waals surface area (Å²) in [5.41, 5.74) is 0.425. The second-order valence-corrected chi connectivity index (χ2v) is 8.78. The van der Waals surface area contributed by atoms with Gasteiger partial charge in [0.25, 0.3) is 0 Å². The Hall–Kier alpha value is -1.82. The van der Waals surface area contributed by atoms with Crippen LogP contribution in [0.1, 0.15) is 32.3 Å². The summed E-state index contributed by atoms with van der Waals surface area (Å²) in [7, 11) is -3.04. The summed E-state index contributed by atoms with van der Waals surface area (Å²) in [5.74, 6) is 0.164. The minimum Gasteiger partial charge on any atom is -0.332 e. The first kappa shape index (κ1) is 18.5. The predicted molar refractivity (Wildman–Crippen MR) is 97.5 cm³/mol. The van der Waals surface area contributed by atoms with Crippen LogP contribution in [0.2, 0.25) is 0 Å². The van der Waals surface area contributed by atoms with Crippen LogP contribution in [-0.2, 0) is 9.84 Å². The molecule has 0 bridgehead atoms. The second-order valence-electron chi connectivity index (χ2n) is 6.59. The van der Waals surface area contributed by atoms with E-state index in [-0.39, 0.29) is 17.5 Å². The lowest BCUT2D eigenvalue weighted by Crippen LogP contribution is -2.52. The van der Waals surface area contributed by atoms with E-state index in [1.54, 1.807) is 11.8 Å². The molecule has 1 fully saturated rings. The summed E-state index contributed by atoms with van der Waals surface area (Å²) in [4.78, 5) is 14.3. The second kappa shape index (κ2) is 7.83. The maximum absolute atomic E-state index is 12.5. The molecule has 1 aliphatic heterocycles. The van der Waals surface area contributed by atoms with Gasteiger partial charge in [-0.1, -0.05) is 49.4 Å². The van der Waals surface area contributed by atoms with Crippen molar-refractivity contribution in [3.8, 4) is 0 Å². The Balaban J connectivity index is 1.96. The van der Waals surface area contributed by atoms with Crippen molar-refractivity contribution < 1.29 is 13.2 Å². The van der Waals surface area contributed by atoms with Crippen molar-refractivity contribution in [2.45, 2.75) is 32.2 Å². The number of sulfone groups is 1. The molecule has 0 spiro atoms. The first-order chi connectivity index (χ1) is 11.3. The molecule has 0 saturated carbocycles. The molecule has 0 unspecified atom stereocenters. The Bertz CT molecular complexity index is 685. The molecule has 2 rings (SSSR count). The lowest BCUT2D eigenvalue weighted by molar-refractivity contribution is 0.192. The van der Waals surface area contributed by atoms with Crippen LogP contribution in [-0.4, -0.2) is 49.5 Å². The molecule has 1 N–H and O–H groups in total. The number of carbonyl (C=O) groups is 1.